The molecule has 6 heteroatoms. The third-order valence-corrected chi connectivity index (χ3v) is 5.20. The average molecular weight is 351 g/mol. The average Bonchev–Trinajstić information content (AvgIpc) is 3.10. The Morgan fingerprint density at radius 2 is 1.96 bits per heavy atom. The second kappa shape index (κ2) is 7.41. The van der Waals surface area contributed by atoms with Crippen molar-refractivity contribution >= 4 is 11.5 Å². The van der Waals surface area contributed by atoms with Gasteiger partial charge in [0.2, 0.25) is 0 Å². The lowest BCUT2D eigenvalue weighted by Crippen LogP contribution is -2.15. The molecule has 0 amide bonds. The van der Waals surface area contributed by atoms with Crippen molar-refractivity contribution < 1.29 is 4.74 Å². The van der Waals surface area contributed by atoms with Gasteiger partial charge in [0, 0.05) is 55.4 Å². The lowest BCUT2D eigenvalue weighted by atomic mass is 9.97. The number of aryl methyl sites for hydroxylation is 1. The largest absolute Gasteiger partial charge is 0.381 e. The van der Waals surface area contributed by atoms with Gasteiger partial charge >= 0.3 is 0 Å². The number of hydrogen-bond acceptors (Lipinski definition) is 5. The molecule has 3 aromatic heterocycles. The van der Waals surface area contributed by atoms with Gasteiger partial charge in [-0.3, -0.25) is 4.98 Å². The first-order valence-corrected chi connectivity index (χ1v) is 9.30. The van der Waals surface area contributed by atoms with E-state index in [4.69, 9.17) is 14.8 Å². The minimum absolute atomic E-state index is 0.468. The Hall–Kier alpha value is -2.47. The zero-order valence-corrected chi connectivity index (χ0v) is 15.4. The Morgan fingerprint density at radius 1 is 1.19 bits per heavy atom. The molecule has 3 aromatic rings. The van der Waals surface area contributed by atoms with Gasteiger partial charge in [0.1, 0.15) is 5.82 Å². The first-order valence-electron chi connectivity index (χ1n) is 9.30. The molecule has 1 fully saturated rings. The Bertz CT molecular complexity index is 884. The number of hydrogen-bond donors (Lipinski definition) is 1. The molecular formula is C20H25N5O. The summed E-state index contributed by atoms with van der Waals surface area (Å²) in [6.07, 6.45) is 6.68. The van der Waals surface area contributed by atoms with E-state index >= 15 is 0 Å². The number of aromatic nitrogens is 4. The summed E-state index contributed by atoms with van der Waals surface area (Å²) in [6.45, 7) is 6.65. The smallest absolute Gasteiger partial charge is 0.157 e. The number of anilines is 1. The topological polar surface area (TPSA) is 64.3 Å². The molecule has 0 unspecified atom stereocenters. The van der Waals surface area contributed by atoms with E-state index in [1.807, 2.05) is 16.9 Å². The van der Waals surface area contributed by atoms with Crippen molar-refractivity contribution in [1.29, 1.82) is 0 Å². The summed E-state index contributed by atoms with van der Waals surface area (Å²) >= 11 is 0. The van der Waals surface area contributed by atoms with Crippen LogP contribution in [0, 0.1) is 13.8 Å². The predicted molar refractivity (Wildman–Crippen MR) is 102 cm³/mol. The van der Waals surface area contributed by atoms with Gasteiger partial charge in [-0.05, 0) is 50.8 Å². The second-order valence-electron chi connectivity index (χ2n) is 6.93. The SMILES string of the molecule is Cc1nc2cc(C3CCOCC3)nn2c(NCCc2ccncc2)c1C. The van der Waals surface area contributed by atoms with Crippen molar-refractivity contribution in [2.75, 3.05) is 25.1 Å². The summed E-state index contributed by atoms with van der Waals surface area (Å²) in [6, 6.07) is 6.24. The van der Waals surface area contributed by atoms with E-state index in [-0.39, 0.29) is 0 Å². The maximum absolute atomic E-state index is 5.49. The number of pyridine rings is 1. The van der Waals surface area contributed by atoms with E-state index in [1.54, 1.807) is 0 Å². The molecule has 6 nitrogen and oxygen atoms in total. The molecule has 0 atom stereocenters. The maximum Gasteiger partial charge on any atom is 0.157 e. The molecule has 1 N–H and O–H groups in total. The first-order chi connectivity index (χ1) is 12.7. The highest BCUT2D eigenvalue weighted by Gasteiger charge is 2.21. The number of fused-ring (bicyclic) bond motifs is 1. The third-order valence-electron chi connectivity index (χ3n) is 5.20. The van der Waals surface area contributed by atoms with Crippen LogP contribution >= 0.6 is 0 Å². The molecule has 0 radical (unpaired) electrons. The molecule has 0 bridgehead atoms. The predicted octanol–water partition coefficient (Wildman–Crippen LogP) is 3.29. The van der Waals surface area contributed by atoms with Crippen LogP contribution in [0.1, 0.15) is 41.3 Å². The van der Waals surface area contributed by atoms with Crippen LogP contribution in [0.25, 0.3) is 5.65 Å². The van der Waals surface area contributed by atoms with E-state index in [0.29, 0.717) is 5.92 Å². The van der Waals surface area contributed by atoms with E-state index in [9.17, 15) is 0 Å². The summed E-state index contributed by atoms with van der Waals surface area (Å²) in [5.41, 5.74) is 5.51. The zero-order chi connectivity index (χ0) is 17.9. The highest BCUT2D eigenvalue weighted by Crippen LogP contribution is 2.28. The van der Waals surface area contributed by atoms with Crippen LogP contribution in [0.15, 0.2) is 30.6 Å². The van der Waals surface area contributed by atoms with Crippen molar-refractivity contribution in [3.05, 3.63) is 53.1 Å². The van der Waals surface area contributed by atoms with E-state index in [2.05, 4.69) is 42.3 Å². The third kappa shape index (κ3) is 3.42. The Kier molecular flexibility index (Phi) is 4.84. The Morgan fingerprint density at radius 3 is 2.73 bits per heavy atom. The minimum Gasteiger partial charge on any atom is -0.381 e. The van der Waals surface area contributed by atoms with Crippen LogP contribution in [-0.4, -0.2) is 39.3 Å². The molecule has 1 aliphatic heterocycles. The molecule has 4 heterocycles. The fraction of sp³-hybridized carbons (Fsp3) is 0.450. The highest BCUT2D eigenvalue weighted by molar-refractivity contribution is 5.55. The molecule has 4 rings (SSSR count). The fourth-order valence-electron chi connectivity index (χ4n) is 3.49. The highest BCUT2D eigenvalue weighted by atomic mass is 16.5. The van der Waals surface area contributed by atoms with Gasteiger partial charge in [-0.2, -0.15) is 9.61 Å². The first kappa shape index (κ1) is 17.0. The summed E-state index contributed by atoms with van der Waals surface area (Å²) in [5.74, 6) is 1.51. The number of rotatable bonds is 5. The van der Waals surface area contributed by atoms with E-state index < -0.39 is 0 Å². The summed E-state index contributed by atoms with van der Waals surface area (Å²) < 4.78 is 7.46. The standard InChI is InChI=1S/C20H25N5O/c1-14-15(2)23-19-13-18(17-6-11-26-12-7-17)24-25(19)20(14)22-10-5-16-3-8-21-9-4-16/h3-4,8-9,13,17,22H,5-7,10-12H2,1-2H3. The molecule has 26 heavy (non-hydrogen) atoms. The molecule has 0 saturated carbocycles. The van der Waals surface area contributed by atoms with Gasteiger partial charge in [0.15, 0.2) is 5.65 Å². The maximum atomic E-state index is 5.49. The van der Waals surface area contributed by atoms with Crippen LogP contribution in [-0.2, 0) is 11.2 Å². The van der Waals surface area contributed by atoms with E-state index in [0.717, 1.165) is 67.4 Å². The lowest BCUT2D eigenvalue weighted by molar-refractivity contribution is 0.0844. The molecule has 1 aliphatic rings. The minimum atomic E-state index is 0.468. The van der Waals surface area contributed by atoms with Crippen LogP contribution in [0.3, 0.4) is 0 Å². The van der Waals surface area contributed by atoms with Gasteiger partial charge in [0.25, 0.3) is 0 Å². The number of ether oxygens (including phenoxy) is 1. The van der Waals surface area contributed by atoms with Crippen LogP contribution in [0.4, 0.5) is 5.82 Å². The molecule has 0 spiro atoms. The van der Waals surface area contributed by atoms with Gasteiger partial charge < -0.3 is 10.1 Å². The number of nitrogens with one attached hydrogen (secondary N) is 1. The van der Waals surface area contributed by atoms with Crippen LogP contribution in [0.2, 0.25) is 0 Å². The Labute approximate surface area is 153 Å². The van der Waals surface area contributed by atoms with Crippen molar-refractivity contribution in [2.45, 2.75) is 39.0 Å². The quantitative estimate of drug-likeness (QED) is 0.764. The second-order valence-corrected chi connectivity index (χ2v) is 6.93. The fourth-order valence-corrected chi connectivity index (χ4v) is 3.49. The van der Waals surface area contributed by atoms with Gasteiger partial charge in [0.05, 0.1) is 5.69 Å². The van der Waals surface area contributed by atoms with Crippen LogP contribution in [0.5, 0.6) is 0 Å². The van der Waals surface area contributed by atoms with Gasteiger partial charge in [-0.1, -0.05) is 0 Å². The van der Waals surface area contributed by atoms with Gasteiger partial charge in [-0.25, -0.2) is 4.98 Å². The van der Waals surface area contributed by atoms with Crippen molar-refractivity contribution in [3.63, 3.8) is 0 Å². The molecule has 0 aromatic carbocycles. The summed E-state index contributed by atoms with van der Waals surface area (Å²) in [7, 11) is 0. The molecule has 136 valence electrons. The number of nitrogens with zero attached hydrogens (tertiary/aromatic N) is 4. The summed E-state index contributed by atoms with van der Waals surface area (Å²) in [5, 5.41) is 8.47. The Balaban J connectivity index is 1.59. The molecule has 0 aliphatic carbocycles. The monoisotopic (exact) mass is 351 g/mol. The van der Waals surface area contributed by atoms with Gasteiger partial charge in [-0.15, -0.1) is 0 Å². The summed E-state index contributed by atoms with van der Waals surface area (Å²) in [4.78, 5) is 8.81. The van der Waals surface area contributed by atoms with Crippen molar-refractivity contribution in [2.24, 2.45) is 0 Å². The zero-order valence-electron chi connectivity index (χ0n) is 15.4. The molecule has 1 saturated heterocycles. The normalized spacial score (nSPS) is 15.5. The lowest BCUT2D eigenvalue weighted by Gasteiger charge is -2.19. The van der Waals surface area contributed by atoms with Crippen molar-refractivity contribution in [1.82, 2.24) is 19.6 Å². The molecular weight excluding hydrogens is 326 g/mol. The van der Waals surface area contributed by atoms with Crippen LogP contribution < -0.4 is 5.32 Å². The van der Waals surface area contributed by atoms with Crippen molar-refractivity contribution in [3.8, 4) is 0 Å². The van der Waals surface area contributed by atoms with E-state index in [1.165, 1.54) is 5.56 Å².